The third-order valence-electron chi connectivity index (χ3n) is 2.66. The quantitative estimate of drug-likeness (QED) is 0.873. The molecule has 1 unspecified atom stereocenters. The summed E-state index contributed by atoms with van der Waals surface area (Å²) in [5.74, 6) is 1.04. The van der Waals surface area contributed by atoms with Gasteiger partial charge in [0.2, 0.25) is 0 Å². The van der Waals surface area contributed by atoms with Crippen LogP contribution in [0.15, 0.2) is 22.8 Å². The first-order valence-corrected chi connectivity index (χ1v) is 5.62. The van der Waals surface area contributed by atoms with E-state index >= 15 is 0 Å². The standard InChI is InChI=1S/C10H14BrN3.3ClH/c1-14(9-4-5-12-7-9)10-3-2-8(11)6-13-10;;;/h2-3,6,9,12H,4-5,7H2,1H3;3*1H. The van der Waals surface area contributed by atoms with Gasteiger partial charge in [-0.2, -0.15) is 0 Å². The summed E-state index contributed by atoms with van der Waals surface area (Å²) >= 11 is 3.38. The topological polar surface area (TPSA) is 28.2 Å². The SMILES string of the molecule is CN(c1ccc(Br)cn1)C1CCNC1.Cl.Cl.Cl. The van der Waals surface area contributed by atoms with Crippen LogP contribution in [0.4, 0.5) is 5.82 Å². The minimum Gasteiger partial charge on any atom is -0.355 e. The molecule has 100 valence electrons. The van der Waals surface area contributed by atoms with E-state index in [9.17, 15) is 0 Å². The molecule has 2 heterocycles. The van der Waals surface area contributed by atoms with Crippen LogP contribution in [-0.4, -0.2) is 31.2 Å². The monoisotopic (exact) mass is 363 g/mol. The third-order valence-corrected chi connectivity index (χ3v) is 3.12. The van der Waals surface area contributed by atoms with E-state index in [4.69, 9.17) is 0 Å². The van der Waals surface area contributed by atoms with Crippen molar-refractivity contribution in [2.45, 2.75) is 12.5 Å². The Morgan fingerprint density at radius 2 is 2.06 bits per heavy atom. The molecule has 0 saturated carbocycles. The molecule has 1 aromatic rings. The van der Waals surface area contributed by atoms with Crippen LogP contribution in [-0.2, 0) is 0 Å². The minimum atomic E-state index is 0. The maximum absolute atomic E-state index is 4.37. The third kappa shape index (κ3) is 5.18. The summed E-state index contributed by atoms with van der Waals surface area (Å²) in [5, 5.41) is 3.36. The Labute approximate surface area is 129 Å². The molecule has 2 rings (SSSR count). The second kappa shape index (κ2) is 9.22. The lowest BCUT2D eigenvalue weighted by Crippen LogP contribution is -2.33. The molecule has 1 fully saturated rings. The zero-order valence-electron chi connectivity index (χ0n) is 9.43. The van der Waals surface area contributed by atoms with Crippen molar-refractivity contribution in [2.24, 2.45) is 0 Å². The molecule has 0 aromatic carbocycles. The predicted molar refractivity (Wildman–Crippen MR) is 83.4 cm³/mol. The molecule has 0 amide bonds. The highest BCUT2D eigenvalue weighted by molar-refractivity contribution is 9.10. The number of nitrogens with one attached hydrogen (secondary N) is 1. The Morgan fingerprint density at radius 3 is 2.53 bits per heavy atom. The summed E-state index contributed by atoms with van der Waals surface area (Å²) in [6.07, 6.45) is 3.04. The summed E-state index contributed by atoms with van der Waals surface area (Å²) < 4.78 is 1.03. The molecule has 7 heteroatoms. The molecule has 1 aliphatic heterocycles. The number of hydrogen-bond acceptors (Lipinski definition) is 3. The number of anilines is 1. The molecule has 0 bridgehead atoms. The van der Waals surface area contributed by atoms with Gasteiger partial charge >= 0.3 is 0 Å². The second-order valence-corrected chi connectivity index (χ2v) is 4.51. The Morgan fingerprint density at radius 1 is 1.35 bits per heavy atom. The van der Waals surface area contributed by atoms with E-state index in [1.807, 2.05) is 18.3 Å². The molecule has 17 heavy (non-hydrogen) atoms. The van der Waals surface area contributed by atoms with Crippen molar-refractivity contribution in [3.05, 3.63) is 22.8 Å². The van der Waals surface area contributed by atoms with Crippen LogP contribution in [0, 0.1) is 0 Å². The molecule has 0 aliphatic carbocycles. The lowest BCUT2D eigenvalue weighted by Gasteiger charge is -2.24. The Bertz CT molecular complexity index is 304. The Kier molecular flexibility index (Phi) is 10.6. The minimum absolute atomic E-state index is 0. The van der Waals surface area contributed by atoms with E-state index in [-0.39, 0.29) is 37.2 Å². The van der Waals surface area contributed by atoms with E-state index in [0.717, 1.165) is 23.4 Å². The number of aromatic nitrogens is 1. The molecule has 3 nitrogen and oxygen atoms in total. The van der Waals surface area contributed by atoms with Crippen molar-refractivity contribution in [3.63, 3.8) is 0 Å². The smallest absolute Gasteiger partial charge is 0.128 e. The normalized spacial score (nSPS) is 17.4. The van der Waals surface area contributed by atoms with Crippen molar-refractivity contribution in [2.75, 3.05) is 25.0 Å². The van der Waals surface area contributed by atoms with Gasteiger partial charge in [0.05, 0.1) is 0 Å². The van der Waals surface area contributed by atoms with E-state index in [2.05, 4.69) is 38.2 Å². The van der Waals surface area contributed by atoms with Crippen LogP contribution >= 0.6 is 53.2 Å². The van der Waals surface area contributed by atoms with Crippen molar-refractivity contribution in [3.8, 4) is 0 Å². The lowest BCUT2D eigenvalue weighted by molar-refractivity contribution is 0.678. The van der Waals surface area contributed by atoms with Crippen LogP contribution < -0.4 is 10.2 Å². The number of nitrogens with zero attached hydrogens (tertiary/aromatic N) is 2. The fraction of sp³-hybridized carbons (Fsp3) is 0.500. The van der Waals surface area contributed by atoms with Gasteiger partial charge in [0.25, 0.3) is 0 Å². The summed E-state index contributed by atoms with van der Waals surface area (Å²) in [6.45, 7) is 2.18. The molecular weight excluding hydrogens is 348 g/mol. The van der Waals surface area contributed by atoms with E-state index in [1.165, 1.54) is 6.42 Å². The summed E-state index contributed by atoms with van der Waals surface area (Å²) in [7, 11) is 2.11. The highest BCUT2D eigenvalue weighted by atomic mass is 79.9. The van der Waals surface area contributed by atoms with E-state index in [1.54, 1.807) is 0 Å². The van der Waals surface area contributed by atoms with Crippen molar-refractivity contribution in [1.82, 2.24) is 10.3 Å². The van der Waals surface area contributed by atoms with Crippen molar-refractivity contribution >= 4 is 59.0 Å². The fourth-order valence-electron chi connectivity index (χ4n) is 1.73. The summed E-state index contributed by atoms with van der Waals surface area (Å²) in [5.41, 5.74) is 0. The average molecular weight is 366 g/mol. The summed E-state index contributed by atoms with van der Waals surface area (Å²) in [4.78, 5) is 6.62. The zero-order chi connectivity index (χ0) is 9.97. The second-order valence-electron chi connectivity index (χ2n) is 3.59. The molecule has 1 aliphatic rings. The van der Waals surface area contributed by atoms with Gasteiger partial charge in [0.15, 0.2) is 0 Å². The lowest BCUT2D eigenvalue weighted by atomic mass is 10.2. The first kappa shape index (κ1) is 19.6. The maximum Gasteiger partial charge on any atom is 0.128 e. The van der Waals surface area contributed by atoms with Gasteiger partial charge in [-0.05, 0) is 41.0 Å². The van der Waals surface area contributed by atoms with Crippen LogP contribution in [0.2, 0.25) is 0 Å². The van der Waals surface area contributed by atoms with Gasteiger partial charge in [0, 0.05) is 30.3 Å². The molecule has 0 radical (unpaired) electrons. The van der Waals surface area contributed by atoms with Crippen molar-refractivity contribution < 1.29 is 0 Å². The highest BCUT2D eigenvalue weighted by Crippen LogP contribution is 2.17. The van der Waals surface area contributed by atoms with Crippen LogP contribution in [0.25, 0.3) is 0 Å². The Balaban J connectivity index is 0. The van der Waals surface area contributed by atoms with E-state index < -0.39 is 0 Å². The van der Waals surface area contributed by atoms with E-state index in [0.29, 0.717) is 6.04 Å². The number of hydrogen-bond donors (Lipinski definition) is 1. The number of likely N-dealkylation sites (N-methyl/N-ethyl adjacent to an activating group) is 1. The highest BCUT2D eigenvalue weighted by Gasteiger charge is 2.19. The number of pyridine rings is 1. The van der Waals surface area contributed by atoms with Gasteiger partial charge in [-0.15, -0.1) is 37.2 Å². The fourth-order valence-corrected chi connectivity index (χ4v) is 1.97. The average Bonchev–Trinajstić information content (AvgIpc) is 2.71. The molecular formula is C10H17BrCl3N3. The Hall–Kier alpha value is 0.260. The maximum atomic E-state index is 4.37. The molecule has 1 atom stereocenters. The first-order valence-electron chi connectivity index (χ1n) is 4.82. The summed E-state index contributed by atoms with van der Waals surface area (Å²) in [6, 6.07) is 4.66. The number of rotatable bonds is 2. The van der Waals surface area contributed by atoms with Crippen molar-refractivity contribution in [1.29, 1.82) is 0 Å². The zero-order valence-corrected chi connectivity index (χ0v) is 13.5. The van der Waals surface area contributed by atoms with Crippen LogP contribution in [0.3, 0.4) is 0 Å². The predicted octanol–water partition coefficient (Wildman–Crippen LogP) is 2.91. The van der Waals surface area contributed by atoms with Gasteiger partial charge in [-0.3, -0.25) is 0 Å². The van der Waals surface area contributed by atoms with Crippen LogP contribution in [0.5, 0.6) is 0 Å². The van der Waals surface area contributed by atoms with Crippen LogP contribution in [0.1, 0.15) is 6.42 Å². The van der Waals surface area contributed by atoms with Gasteiger partial charge in [-0.1, -0.05) is 0 Å². The van der Waals surface area contributed by atoms with Gasteiger partial charge in [-0.25, -0.2) is 4.98 Å². The molecule has 1 N–H and O–H groups in total. The first-order chi connectivity index (χ1) is 6.77. The van der Waals surface area contributed by atoms with Gasteiger partial charge < -0.3 is 10.2 Å². The molecule has 0 spiro atoms. The number of halogens is 4. The van der Waals surface area contributed by atoms with Gasteiger partial charge in [0.1, 0.15) is 5.82 Å². The largest absolute Gasteiger partial charge is 0.355 e. The molecule has 1 aromatic heterocycles. The molecule has 1 saturated heterocycles.